The Kier molecular flexibility index (Phi) is 6.92. The Hall–Kier alpha value is -2.67. The van der Waals surface area contributed by atoms with E-state index in [2.05, 4.69) is 30.9 Å². The van der Waals surface area contributed by atoms with Crippen molar-refractivity contribution in [3.8, 4) is 16.9 Å². The molecule has 0 saturated carbocycles. The Labute approximate surface area is 177 Å². The van der Waals surface area contributed by atoms with Gasteiger partial charge in [-0.1, -0.05) is 44.1 Å². The second-order valence-electron chi connectivity index (χ2n) is 8.59. The lowest BCUT2D eigenvalue weighted by molar-refractivity contribution is 0.0944. The van der Waals surface area contributed by atoms with Gasteiger partial charge in [-0.15, -0.1) is 0 Å². The van der Waals surface area contributed by atoms with E-state index in [9.17, 15) is 0 Å². The minimum absolute atomic E-state index is 0.191. The van der Waals surface area contributed by atoms with E-state index in [-0.39, 0.29) is 17.8 Å². The number of oxime groups is 1. The van der Waals surface area contributed by atoms with Crippen molar-refractivity contribution in [3.05, 3.63) is 41.8 Å². The van der Waals surface area contributed by atoms with Crippen LogP contribution in [-0.4, -0.2) is 44.6 Å². The third kappa shape index (κ3) is 5.27. The summed E-state index contributed by atoms with van der Waals surface area (Å²) >= 11 is 0. The van der Waals surface area contributed by atoms with E-state index in [0.29, 0.717) is 48.0 Å². The van der Waals surface area contributed by atoms with Gasteiger partial charge in [0.05, 0.1) is 32.5 Å². The third-order valence-electron chi connectivity index (χ3n) is 4.96. The van der Waals surface area contributed by atoms with Gasteiger partial charge in [-0.05, 0) is 17.9 Å². The van der Waals surface area contributed by atoms with Gasteiger partial charge in [0.2, 0.25) is 0 Å². The molecule has 0 bridgehead atoms. The summed E-state index contributed by atoms with van der Waals surface area (Å²) in [6.45, 7) is 8.58. The number of rotatable bonds is 8. The molecule has 1 aromatic heterocycles. The molecule has 0 atom stereocenters. The number of hydrogen-bond acceptors (Lipinski definition) is 6. The molecule has 0 spiro atoms. The van der Waals surface area contributed by atoms with Crippen LogP contribution >= 0.6 is 0 Å². The van der Waals surface area contributed by atoms with Crippen LogP contribution in [0, 0.1) is 11.2 Å². The first-order chi connectivity index (χ1) is 14.3. The lowest BCUT2D eigenvalue weighted by Crippen LogP contribution is -2.48. The number of halogens is 1. The van der Waals surface area contributed by atoms with E-state index in [1.54, 1.807) is 25.4 Å². The number of nitrogens with zero attached hydrogens (tertiary/aromatic N) is 3. The minimum atomic E-state index is -0.289. The molecule has 1 saturated heterocycles. The fourth-order valence-electron chi connectivity index (χ4n) is 3.18. The van der Waals surface area contributed by atoms with E-state index in [4.69, 9.17) is 14.3 Å². The van der Waals surface area contributed by atoms with Gasteiger partial charge >= 0.3 is 0 Å². The SMILES string of the molecule is CON=C1CN(c2ncc(-c3cccc(COCCC(C)(C)C)c3F)cc2OC)C1. The molecule has 2 aromatic rings. The standard InChI is InChI=1S/C23H30FN3O3/c1-23(2,3)9-10-30-15-16-7-6-8-19(21(16)24)17-11-20(28-4)22(25-12-17)27-13-18(14-27)26-29-5/h6-8,11-12H,9-10,13-15H2,1-5H3. The average Bonchev–Trinajstić information content (AvgIpc) is 2.68. The van der Waals surface area contributed by atoms with Crippen LogP contribution in [0.3, 0.4) is 0 Å². The maximum atomic E-state index is 15.1. The molecule has 7 heteroatoms. The molecule has 1 aliphatic heterocycles. The zero-order chi connectivity index (χ0) is 21.7. The summed E-state index contributed by atoms with van der Waals surface area (Å²) in [4.78, 5) is 11.3. The first-order valence-corrected chi connectivity index (χ1v) is 10.1. The fraction of sp³-hybridized carbons (Fsp3) is 0.478. The minimum Gasteiger partial charge on any atom is -0.493 e. The predicted molar refractivity (Wildman–Crippen MR) is 117 cm³/mol. The molecule has 0 aliphatic carbocycles. The van der Waals surface area contributed by atoms with Crippen molar-refractivity contribution < 1.29 is 18.7 Å². The molecule has 3 rings (SSSR count). The Morgan fingerprint density at radius 2 is 1.97 bits per heavy atom. The van der Waals surface area contributed by atoms with Crippen molar-refractivity contribution in [3.63, 3.8) is 0 Å². The molecule has 0 radical (unpaired) electrons. The number of anilines is 1. The van der Waals surface area contributed by atoms with E-state index in [1.165, 1.54) is 7.11 Å². The van der Waals surface area contributed by atoms with Crippen molar-refractivity contribution in [2.75, 3.05) is 38.8 Å². The highest BCUT2D eigenvalue weighted by Gasteiger charge is 2.27. The fourth-order valence-corrected chi connectivity index (χ4v) is 3.18. The van der Waals surface area contributed by atoms with Gasteiger partial charge in [-0.2, -0.15) is 0 Å². The zero-order valence-electron chi connectivity index (χ0n) is 18.4. The van der Waals surface area contributed by atoms with Crippen LogP contribution < -0.4 is 9.64 Å². The van der Waals surface area contributed by atoms with Crippen LogP contribution in [0.15, 0.2) is 35.6 Å². The lowest BCUT2D eigenvalue weighted by Gasteiger charge is -2.33. The number of benzene rings is 1. The molecule has 6 nitrogen and oxygen atoms in total. The summed E-state index contributed by atoms with van der Waals surface area (Å²) < 4.78 is 26.4. The molecule has 1 fully saturated rings. The van der Waals surface area contributed by atoms with Crippen LogP contribution in [0.2, 0.25) is 0 Å². The quantitative estimate of drug-likeness (QED) is 0.463. The van der Waals surface area contributed by atoms with Crippen molar-refractivity contribution in [2.45, 2.75) is 33.8 Å². The van der Waals surface area contributed by atoms with Crippen LogP contribution in [-0.2, 0) is 16.2 Å². The lowest BCUT2D eigenvalue weighted by atomic mass is 9.93. The van der Waals surface area contributed by atoms with E-state index < -0.39 is 0 Å². The molecule has 1 aromatic carbocycles. The smallest absolute Gasteiger partial charge is 0.172 e. The highest BCUT2D eigenvalue weighted by molar-refractivity contribution is 5.99. The summed E-state index contributed by atoms with van der Waals surface area (Å²) in [5.74, 6) is 1.01. The summed E-state index contributed by atoms with van der Waals surface area (Å²) in [7, 11) is 3.12. The Morgan fingerprint density at radius 1 is 1.20 bits per heavy atom. The largest absolute Gasteiger partial charge is 0.493 e. The summed E-state index contributed by atoms with van der Waals surface area (Å²) in [6, 6.07) is 7.16. The molecule has 0 unspecified atom stereocenters. The van der Waals surface area contributed by atoms with Gasteiger partial charge < -0.3 is 19.2 Å². The summed E-state index contributed by atoms with van der Waals surface area (Å²) in [6.07, 6.45) is 2.59. The van der Waals surface area contributed by atoms with Crippen LogP contribution in [0.1, 0.15) is 32.8 Å². The van der Waals surface area contributed by atoms with E-state index in [1.807, 2.05) is 17.0 Å². The van der Waals surface area contributed by atoms with Crippen molar-refractivity contribution >= 4 is 11.5 Å². The van der Waals surface area contributed by atoms with Gasteiger partial charge in [0, 0.05) is 29.5 Å². The second kappa shape index (κ2) is 9.43. The number of pyridine rings is 1. The first-order valence-electron chi connectivity index (χ1n) is 10.1. The molecule has 1 aliphatic rings. The average molecular weight is 416 g/mol. The summed E-state index contributed by atoms with van der Waals surface area (Å²) in [5.41, 5.74) is 2.81. The van der Waals surface area contributed by atoms with Gasteiger partial charge in [-0.25, -0.2) is 9.37 Å². The topological polar surface area (TPSA) is 56.2 Å². The molecule has 0 amide bonds. The Balaban J connectivity index is 1.75. The van der Waals surface area contributed by atoms with Crippen LogP contribution in [0.5, 0.6) is 5.75 Å². The predicted octanol–water partition coefficient (Wildman–Crippen LogP) is 4.67. The molecule has 30 heavy (non-hydrogen) atoms. The molecular formula is C23H30FN3O3. The summed E-state index contributed by atoms with van der Waals surface area (Å²) in [5, 5.41) is 3.94. The van der Waals surface area contributed by atoms with E-state index in [0.717, 1.165) is 12.1 Å². The Bertz CT molecular complexity index is 901. The van der Waals surface area contributed by atoms with Crippen LogP contribution in [0.4, 0.5) is 10.2 Å². The van der Waals surface area contributed by atoms with Crippen molar-refractivity contribution in [1.29, 1.82) is 0 Å². The second-order valence-corrected chi connectivity index (χ2v) is 8.59. The zero-order valence-corrected chi connectivity index (χ0v) is 18.4. The monoisotopic (exact) mass is 415 g/mol. The van der Waals surface area contributed by atoms with Gasteiger partial charge in [0.1, 0.15) is 12.9 Å². The first kappa shape index (κ1) is 22.0. The van der Waals surface area contributed by atoms with E-state index >= 15 is 4.39 Å². The van der Waals surface area contributed by atoms with Crippen LogP contribution in [0.25, 0.3) is 11.1 Å². The van der Waals surface area contributed by atoms with Gasteiger partial charge in [-0.3, -0.25) is 0 Å². The highest BCUT2D eigenvalue weighted by atomic mass is 19.1. The van der Waals surface area contributed by atoms with Crippen molar-refractivity contribution in [2.24, 2.45) is 10.6 Å². The maximum Gasteiger partial charge on any atom is 0.172 e. The molecule has 162 valence electrons. The molecular weight excluding hydrogens is 385 g/mol. The maximum absolute atomic E-state index is 15.1. The number of aromatic nitrogens is 1. The normalized spacial score (nSPS) is 13.8. The Morgan fingerprint density at radius 3 is 2.63 bits per heavy atom. The highest BCUT2D eigenvalue weighted by Crippen LogP contribution is 2.34. The number of ether oxygens (including phenoxy) is 2. The number of methoxy groups -OCH3 is 1. The molecule has 2 heterocycles. The van der Waals surface area contributed by atoms with Gasteiger partial charge in [0.15, 0.2) is 11.6 Å². The third-order valence-corrected chi connectivity index (χ3v) is 4.96. The van der Waals surface area contributed by atoms with Gasteiger partial charge in [0.25, 0.3) is 0 Å². The van der Waals surface area contributed by atoms with Crippen molar-refractivity contribution in [1.82, 2.24) is 4.98 Å². The number of hydrogen-bond donors (Lipinski definition) is 0. The molecule has 0 N–H and O–H groups in total.